The van der Waals surface area contributed by atoms with E-state index in [4.69, 9.17) is 5.11 Å². The molecule has 0 aliphatic rings. The normalized spacial score (nSPS) is 10.6. The number of benzene rings is 1. The zero-order valence-electron chi connectivity index (χ0n) is 7.54. The van der Waals surface area contributed by atoms with Gasteiger partial charge in [-0.05, 0) is 17.7 Å². The fourth-order valence-electron chi connectivity index (χ4n) is 0.988. The molecule has 1 rings (SSSR count). The van der Waals surface area contributed by atoms with E-state index in [-0.39, 0.29) is 0 Å². The zero-order chi connectivity index (χ0) is 8.97. The van der Waals surface area contributed by atoms with Gasteiger partial charge in [-0.2, -0.15) is 0 Å². The largest absolute Gasteiger partial charge is 0.508 e. The van der Waals surface area contributed by atoms with E-state index in [1.165, 1.54) is 0 Å². The number of aromatic hydroxyl groups is 1. The van der Waals surface area contributed by atoms with Crippen LogP contribution in [0.3, 0.4) is 0 Å². The molecule has 0 heterocycles. The molecular formula is C10H15NO. The Balaban J connectivity index is 2.52. The molecule has 0 aromatic heterocycles. The van der Waals surface area contributed by atoms with Gasteiger partial charge in [-0.3, -0.25) is 0 Å². The van der Waals surface area contributed by atoms with Gasteiger partial charge < -0.3 is 10.4 Å². The highest BCUT2D eigenvalue weighted by atomic mass is 16.3. The van der Waals surface area contributed by atoms with Crippen molar-refractivity contribution in [1.29, 1.82) is 0 Å². The maximum absolute atomic E-state index is 9.15. The second-order valence-electron chi connectivity index (χ2n) is 3.21. The molecule has 0 spiro atoms. The molecule has 0 aliphatic heterocycles. The van der Waals surface area contributed by atoms with Crippen LogP contribution in [0.1, 0.15) is 19.4 Å². The molecule has 0 radical (unpaired) electrons. The minimum absolute atomic E-state index is 0.332. The summed E-state index contributed by atoms with van der Waals surface area (Å²) in [5, 5.41) is 12.4. The molecular weight excluding hydrogens is 150 g/mol. The highest BCUT2D eigenvalue weighted by molar-refractivity contribution is 5.26. The Labute approximate surface area is 73.2 Å². The molecule has 0 saturated heterocycles. The van der Waals surface area contributed by atoms with Crippen molar-refractivity contribution in [1.82, 2.24) is 5.32 Å². The molecule has 0 unspecified atom stereocenters. The van der Waals surface area contributed by atoms with Crippen molar-refractivity contribution in [3.05, 3.63) is 29.8 Å². The first-order valence-corrected chi connectivity index (χ1v) is 4.20. The van der Waals surface area contributed by atoms with E-state index in [0.29, 0.717) is 11.8 Å². The molecule has 2 nitrogen and oxygen atoms in total. The third-order valence-corrected chi connectivity index (χ3v) is 1.62. The molecule has 0 bridgehead atoms. The maximum Gasteiger partial charge on any atom is 0.115 e. The van der Waals surface area contributed by atoms with Gasteiger partial charge in [-0.25, -0.2) is 0 Å². The molecule has 1 aromatic rings. The molecule has 12 heavy (non-hydrogen) atoms. The monoisotopic (exact) mass is 165 g/mol. The third kappa shape index (κ3) is 2.93. The van der Waals surface area contributed by atoms with Crippen LogP contribution in [-0.2, 0) is 6.54 Å². The summed E-state index contributed by atoms with van der Waals surface area (Å²) < 4.78 is 0. The number of hydrogen-bond acceptors (Lipinski definition) is 2. The van der Waals surface area contributed by atoms with Gasteiger partial charge in [0.05, 0.1) is 0 Å². The summed E-state index contributed by atoms with van der Waals surface area (Å²) in [6.45, 7) is 5.01. The van der Waals surface area contributed by atoms with Gasteiger partial charge in [0.15, 0.2) is 0 Å². The maximum atomic E-state index is 9.15. The van der Waals surface area contributed by atoms with Crippen molar-refractivity contribution in [2.24, 2.45) is 0 Å². The van der Waals surface area contributed by atoms with E-state index in [1.54, 1.807) is 12.1 Å². The van der Waals surface area contributed by atoms with Crippen LogP contribution in [0.15, 0.2) is 24.3 Å². The molecule has 2 heteroatoms. The summed E-state index contributed by atoms with van der Waals surface area (Å²) in [5.41, 5.74) is 1.11. The van der Waals surface area contributed by atoms with Crippen LogP contribution < -0.4 is 5.32 Å². The topological polar surface area (TPSA) is 32.3 Å². The summed E-state index contributed by atoms with van der Waals surface area (Å²) in [5.74, 6) is 0.332. The molecule has 0 atom stereocenters. The Hall–Kier alpha value is -1.02. The summed E-state index contributed by atoms with van der Waals surface area (Å²) in [6, 6.07) is 7.78. The lowest BCUT2D eigenvalue weighted by molar-refractivity contribution is 0.473. The average Bonchev–Trinajstić information content (AvgIpc) is 2.01. The summed E-state index contributed by atoms with van der Waals surface area (Å²) >= 11 is 0. The minimum Gasteiger partial charge on any atom is -0.508 e. The Morgan fingerprint density at radius 1 is 1.42 bits per heavy atom. The fraction of sp³-hybridized carbons (Fsp3) is 0.400. The van der Waals surface area contributed by atoms with Gasteiger partial charge in [0.1, 0.15) is 5.75 Å². The number of hydrogen-bond donors (Lipinski definition) is 2. The van der Waals surface area contributed by atoms with Crippen molar-refractivity contribution in [2.75, 3.05) is 0 Å². The molecule has 66 valence electrons. The van der Waals surface area contributed by atoms with Crippen LogP contribution >= 0.6 is 0 Å². The van der Waals surface area contributed by atoms with Crippen molar-refractivity contribution >= 4 is 0 Å². The first kappa shape index (κ1) is 9.07. The van der Waals surface area contributed by atoms with E-state index >= 15 is 0 Å². The number of rotatable bonds is 3. The van der Waals surface area contributed by atoms with Gasteiger partial charge in [0, 0.05) is 12.6 Å². The Kier molecular flexibility index (Phi) is 3.11. The van der Waals surface area contributed by atoms with Crippen LogP contribution in [0, 0.1) is 0 Å². The second-order valence-corrected chi connectivity index (χ2v) is 3.21. The highest BCUT2D eigenvalue weighted by Crippen LogP contribution is 2.10. The van der Waals surface area contributed by atoms with Crippen LogP contribution in [-0.4, -0.2) is 11.1 Å². The summed E-state index contributed by atoms with van der Waals surface area (Å²) in [6.07, 6.45) is 0. The van der Waals surface area contributed by atoms with Gasteiger partial charge in [0.25, 0.3) is 0 Å². The smallest absolute Gasteiger partial charge is 0.115 e. The van der Waals surface area contributed by atoms with E-state index in [0.717, 1.165) is 12.1 Å². The van der Waals surface area contributed by atoms with Crippen LogP contribution in [0.2, 0.25) is 0 Å². The zero-order valence-corrected chi connectivity index (χ0v) is 7.54. The lowest BCUT2D eigenvalue weighted by atomic mass is 10.2. The highest BCUT2D eigenvalue weighted by Gasteiger charge is 1.95. The van der Waals surface area contributed by atoms with E-state index in [1.807, 2.05) is 12.1 Å². The van der Waals surface area contributed by atoms with Gasteiger partial charge in [-0.15, -0.1) is 0 Å². The third-order valence-electron chi connectivity index (χ3n) is 1.62. The number of phenols is 1. The molecule has 0 saturated carbocycles. The predicted octanol–water partition coefficient (Wildman–Crippen LogP) is 1.89. The van der Waals surface area contributed by atoms with Gasteiger partial charge >= 0.3 is 0 Å². The Morgan fingerprint density at radius 3 is 2.75 bits per heavy atom. The van der Waals surface area contributed by atoms with Crippen molar-refractivity contribution < 1.29 is 5.11 Å². The molecule has 2 N–H and O–H groups in total. The van der Waals surface area contributed by atoms with Crippen molar-refractivity contribution in [3.8, 4) is 5.75 Å². The number of phenolic OH excluding ortho intramolecular Hbond substituents is 1. The molecule has 1 aromatic carbocycles. The average molecular weight is 165 g/mol. The van der Waals surface area contributed by atoms with Crippen LogP contribution in [0.25, 0.3) is 0 Å². The minimum atomic E-state index is 0.332. The van der Waals surface area contributed by atoms with Crippen LogP contribution in [0.5, 0.6) is 5.75 Å². The lowest BCUT2D eigenvalue weighted by Gasteiger charge is -2.07. The standard InChI is InChI=1S/C10H15NO/c1-8(2)11-7-9-4-3-5-10(12)6-9/h3-6,8,11-12H,7H2,1-2H3. The Morgan fingerprint density at radius 2 is 2.17 bits per heavy atom. The fourth-order valence-corrected chi connectivity index (χ4v) is 0.988. The van der Waals surface area contributed by atoms with Crippen LogP contribution in [0.4, 0.5) is 0 Å². The van der Waals surface area contributed by atoms with E-state index in [9.17, 15) is 0 Å². The second kappa shape index (κ2) is 4.12. The molecule has 0 amide bonds. The lowest BCUT2D eigenvalue weighted by Crippen LogP contribution is -2.21. The summed E-state index contributed by atoms with van der Waals surface area (Å²) in [4.78, 5) is 0. The first-order chi connectivity index (χ1) is 5.68. The number of nitrogens with one attached hydrogen (secondary N) is 1. The molecule has 0 fully saturated rings. The van der Waals surface area contributed by atoms with E-state index < -0.39 is 0 Å². The van der Waals surface area contributed by atoms with Gasteiger partial charge in [0.2, 0.25) is 0 Å². The predicted molar refractivity (Wildman–Crippen MR) is 50.1 cm³/mol. The quantitative estimate of drug-likeness (QED) is 0.716. The first-order valence-electron chi connectivity index (χ1n) is 4.20. The molecule has 0 aliphatic carbocycles. The van der Waals surface area contributed by atoms with Crippen molar-refractivity contribution in [2.45, 2.75) is 26.4 Å². The van der Waals surface area contributed by atoms with E-state index in [2.05, 4.69) is 19.2 Å². The summed E-state index contributed by atoms with van der Waals surface area (Å²) in [7, 11) is 0. The van der Waals surface area contributed by atoms with Gasteiger partial charge in [-0.1, -0.05) is 26.0 Å². The SMILES string of the molecule is CC(C)NCc1cccc(O)c1. The Bertz CT molecular complexity index is 245. The van der Waals surface area contributed by atoms with Crippen molar-refractivity contribution in [3.63, 3.8) is 0 Å².